The second-order valence-electron chi connectivity index (χ2n) is 3.83. The summed E-state index contributed by atoms with van der Waals surface area (Å²) in [7, 11) is 0. The molecule has 5 nitrogen and oxygen atoms in total. The van der Waals surface area contributed by atoms with Gasteiger partial charge in [0.1, 0.15) is 12.1 Å². The lowest BCUT2D eigenvalue weighted by atomic mass is 10.1. The van der Waals surface area contributed by atoms with Gasteiger partial charge in [-0.1, -0.05) is 6.07 Å². The fraction of sp³-hybridized carbons (Fsp3) is 0.154. The second kappa shape index (κ2) is 5.27. The van der Waals surface area contributed by atoms with Crippen molar-refractivity contribution >= 4 is 5.91 Å². The van der Waals surface area contributed by atoms with Crippen molar-refractivity contribution in [2.75, 3.05) is 0 Å². The lowest BCUT2D eigenvalue weighted by molar-refractivity contribution is 0.0949. The van der Waals surface area contributed by atoms with Gasteiger partial charge in [0.15, 0.2) is 0 Å². The molecule has 0 unspecified atom stereocenters. The first-order valence-electron chi connectivity index (χ1n) is 5.50. The molecule has 18 heavy (non-hydrogen) atoms. The van der Waals surface area contributed by atoms with E-state index in [0.29, 0.717) is 17.7 Å². The number of nitrogens with one attached hydrogen (secondary N) is 1. The van der Waals surface area contributed by atoms with Crippen LogP contribution in [-0.2, 0) is 6.54 Å². The third-order valence-corrected chi connectivity index (χ3v) is 2.62. The first-order chi connectivity index (χ1) is 8.68. The van der Waals surface area contributed by atoms with Gasteiger partial charge in [-0.05, 0) is 25.1 Å². The van der Waals surface area contributed by atoms with Gasteiger partial charge in [0, 0.05) is 17.3 Å². The van der Waals surface area contributed by atoms with Gasteiger partial charge in [0.05, 0.1) is 12.2 Å². The summed E-state index contributed by atoms with van der Waals surface area (Å²) in [6, 6.07) is 6.60. The van der Waals surface area contributed by atoms with Crippen molar-refractivity contribution in [2.45, 2.75) is 13.5 Å². The number of phenols is 1. The van der Waals surface area contributed by atoms with Crippen molar-refractivity contribution in [3.05, 3.63) is 53.6 Å². The Bertz CT molecular complexity index is 555. The fourth-order valence-corrected chi connectivity index (χ4v) is 1.56. The molecule has 92 valence electrons. The number of nitrogens with zero attached hydrogens (tertiary/aromatic N) is 2. The topological polar surface area (TPSA) is 75.1 Å². The second-order valence-corrected chi connectivity index (χ2v) is 3.83. The molecule has 0 spiro atoms. The van der Waals surface area contributed by atoms with Crippen LogP contribution in [0.3, 0.4) is 0 Å². The molecule has 1 aromatic carbocycles. The van der Waals surface area contributed by atoms with Crippen molar-refractivity contribution in [3.8, 4) is 5.75 Å². The largest absolute Gasteiger partial charge is 0.508 e. The highest BCUT2D eigenvalue weighted by atomic mass is 16.3. The van der Waals surface area contributed by atoms with Crippen LogP contribution in [0.1, 0.15) is 21.6 Å². The van der Waals surface area contributed by atoms with Crippen molar-refractivity contribution in [1.82, 2.24) is 15.3 Å². The molecule has 1 amide bonds. The highest BCUT2D eigenvalue weighted by Gasteiger charge is 2.10. The number of carbonyl (C=O) groups is 1. The number of carbonyl (C=O) groups excluding carboxylic acids is 1. The lowest BCUT2D eigenvalue weighted by Gasteiger charge is -2.08. The third-order valence-electron chi connectivity index (χ3n) is 2.62. The van der Waals surface area contributed by atoms with E-state index in [9.17, 15) is 9.90 Å². The van der Waals surface area contributed by atoms with Crippen LogP contribution in [0.15, 0.2) is 36.8 Å². The third kappa shape index (κ3) is 2.63. The SMILES string of the molecule is Cc1c(O)cccc1C(=O)NCc1ccncn1. The summed E-state index contributed by atoms with van der Waals surface area (Å²) in [4.78, 5) is 19.7. The van der Waals surface area contributed by atoms with Crippen molar-refractivity contribution in [2.24, 2.45) is 0 Å². The van der Waals surface area contributed by atoms with E-state index in [1.165, 1.54) is 6.33 Å². The average Bonchev–Trinajstić information content (AvgIpc) is 2.40. The summed E-state index contributed by atoms with van der Waals surface area (Å²) in [6.45, 7) is 2.03. The minimum atomic E-state index is -0.234. The van der Waals surface area contributed by atoms with Gasteiger partial charge >= 0.3 is 0 Å². The Hall–Kier alpha value is -2.43. The molecule has 0 atom stereocenters. The van der Waals surface area contributed by atoms with Crippen LogP contribution in [0.4, 0.5) is 0 Å². The van der Waals surface area contributed by atoms with Gasteiger partial charge in [-0.2, -0.15) is 0 Å². The standard InChI is InChI=1S/C13H13N3O2/c1-9-11(3-2-4-12(9)17)13(18)15-7-10-5-6-14-8-16-10/h2-6,8,17H,7H2,1H3,(H,15,18). The summed E-state index contributed by atoms with van der Waals surface area (Å²) in [5, 5.41) is 12.3. The van der Waals surface area contributed by atoms with Gasteiger partial charge in [0.25, 0.3) is 5.91 Å². The van der Waals surface area contributed by atoms with E-state index in [4.69, 9.17) is 0 Å². The molecule has 2 N–H and O–H groups in total. The van der Waals surface area contributed by atoms with Crippen LogP contribution in [0.25, 0.3) is 0 Å². The van der Waals surface area contributed by atoms with Gasteiger partial charge in [0.2, 0.25) is 0 Å². The molecule has 0 fully saturated rings. The predicted octanol–water partition coefficient (Wildman–Crippen LogP) is 1.42. The van der Waals surface area contributed by atoms with E-state index in [1.807, 2.05) is 0 Å². The quantitative estimate of drug-likeness (QED) is 0.855. The number of hydrogen-bond acceptors (Lipinski definition) is 4. The number of amides is 1. The van der Waals surface area contributed by atoms with Gasteiger partial charge in [-0.15, -0.1) is 0 Å². The van der Waals surface area contributed by atoms with E-state index in [-0.39, 0.29) is 11.7 Å². The van der Waals surface area contributed by atoms with Crippen molar-refractivity contribution in [1.29, 1.82) is 0 Å². The first kappa shape index (κ1) is 12.0. The molecular formula is C13H13N3O2. The van der Waals surface area contributed by atoms with Crippen LogP contribution in [0.2, 0.25) is 0 Å². The molecule has 0 aliphatic rings. The monoisotopic (exact) mass is 243 g/mol. The number of hydrogen-bond donors (Lipinski definition) is 2. The predicted molar refractivity (Wildman–Crippen MR) is 66.0 cm³/mol. The van der Waals surface area contributed by atoms with Crippen LogP contribution >= 0.6 is 0 Å². The van der Waals surface area contributed by atoms with Gasteiger partial charge < -0.3 is 10.4 Å². The Morgan fingerprint density at radius 3 is 2.94 bits per heavy atom. The number of aromatic hydroxyl groups is 1. The first-order valence-corrected chi connectivity index (χ1v) is 5.50. The Morgan fingerprint density at radius 1 is 1.39 bits per heavy atom. The molecule has 0 radical (unpaired) electrons. The number of phenolic OH excluding ortho intramolecular Hbond substituents is 1. The Labute approximate surface area is 105 Å². The zero-order valence-corrected chi connectivity index (χ0v) is 9.92. The summed E-state index contributed by atoms with van der Waals surface area (Å²) in [6.07, 6.45) is 3.05. The maximum atomic E-state index is 11.9. The zero-order chi connectivity index (χ0) is 13.0. The molecule has 0 saturated heterocycles. The summed E-state index contributed by atoms with van der Waals surface area (Å²) < 4.78 is 0. The van der Waals surface area contributed by atoms with Crippen LogP contribution < -0.4 is 5.32 Å². The number of aromatic nitrogens is 2. The van der Waals surface area contributed by atoms with E-state index >= 15 is 0 Å². The van der Waals surface area contributed by atoms with E-state index in [2.05, 4.69) is 15.3 Å². The van der Waals surface area contributed by atoms with Crippen molar-refractivity contribution < 1.29 is 9.90 Å². The Balaban J connectivity index is 2.07. The Kier molecular flexibility index (Phi) is 3.52. The van der Waals surface area contributed by atoms with Crippen LogP contribution in [-0.4, -0.2) is 21.0 Å². The molecule has 0 saturated carbocycles. The fourth-order valence-electron chi connectivity index (χ4n) is 1.56. The summed E-state index contributed by atoms with van der Waals surface area (Å²) >= 11 is 0. The Morgan fingerprint density at radius 2 is 2.22 bits per heavy atom. The smallest absolute Gasteiger partial charge is 0.252 e. The molecule has 0 bridgehead atoms. The molecular weight excluding hydrogens is 230 g/mol. The van der Waals surface area contributed by atoms with E-state index in [0.717, 1.165) is 5.69 Å². The summed E-state index contributed by atoms with van der Waals surface area (Å²) in [5.74, 6) is -0.119. The van der Waals surface area contributed by atoms with Crippen molar-refractivity contribution in [3.63, 3.8) is 0 Å². The average molecular weight is 243 g/mol. The minimum Gasteiger partial charge on any atom is -0.508 e. The molecule has 0 aliphatic heterocycles. The molecule has 5 heteroatoms. The van der Waals surface area contributed by atoms with Crippen LogP contribution in [0, 0.1) is 6.92 Å². The highest BCUT2D eigenvalue weighted by Crippen LogP contribution is 2.19. The molecule has 2 aromatic rings. The summed E-state index contributed by atoms with van der Waals surface area (Å²) in [5.41, 5.74) is 1.76. The van der Waals surface area contributed by atoms with Crippen LogP contribution in [0.5, 0.6) is 5.75 Å². The molecule has 1 aromatic heterocycles. The number of rotatable bonds is 3. The van der Waals surface area contributed by atoms with Gasteiger partial charge in [-0.3, -0.25) is 4.79 Å². The maximum Gasteiger partial charge on any atom is 0.252 e. The minimum absolute atomic E-state index is 0.115. The van der Waals surface area contributed by atoms with E-state index < -0.39 is 0 Å². The normalized spacial score (nSPS) is 10.1. The maximum absolute atomic E-state index is 11.9. The highest BCUT2D eigenvalue weighted by molar-refractivity contribution is 5.96. The molecule has 0 aliphatic carbocycles. The zero-order valence-electron chi connectivity index (χ0n) is 9.92. The molecule has 1 heterocycles. The number of benzene rings is 1. The molecule has 2 rings (SSSR count). The van der Waals surface area contributed by atoms with Gasteiger partial charge in [-0.25, -0.2) is 9.97 Å². The lowest BCUT2D eigenvalue weighted by Crippen LogP contribution is -2.24. The van der Waals surface area contributed by atoms with E-state index in [1.54, 1.807) is 37.4 Å².